The van der Waals surface area contributed by atoms with Gasteiger partial charge in [-0.2, -0.15) is 0 Å². The van der Waals surface area contributed by atoms with Crippen molar-refractivity contribution in [3.8, 4) is 0 Å². The minimum atomic E-state index is -0.189. The summed E-state index contributed by atoms with van der Waals surface area (Å²) in [4.78, 5) is 15.3. The van der Waals surface area contributed by atoms with Crippen molar-refractivity contribution < 1.29 is 9.53 Å². The number of aryl methyl sites for hydroxylation is 1. The first-order valence-corrected chi connectivity index (χ1v) is 6.01. The topological polar surface area (TPSA) is 88.7 Å². The minimum absolute atomic E-state index is 0. The summed E-state index contributed by atoms with van der Waals surface area (Å²) in [6.45, 7) is 2.93. The Bertz CT molecular complexity index is 452. The molecule has 1 rings (SSSR count). The molecule has 4 N–H and O–H groups in total. The molecule has 112 valence electrons. The van der Waals surface area contributed by atoms with Crippen molar-refractivity contribution in [1.29, 1.82) is 0 Å². The van der Waals surface area contributed by atoms with Crippen molar-refractivity contribution in [2.45, 2.75) is 6.92 Å². The number of nitrogens with two attached hydrogens (primary N) is 1. The second kappa shape index (κ2) is 10.4. The lowest BCUT2D eigenvalue weighted by molar-refractivity contribution is -0.119. The van der Waals surface area contributed by atoms with Gasteiger partial charge in [-0.15, -0.1) is 24.0 Å². The molecule has 0 aromatic heterocycles. The molecule has 0 bridgehead atoms. The molecule has 6 nitrogen and oxygen atoms in total. The highest BCUT2D eigenvalue weighted by atomic mass is 127. The number of hydrogen-bond acceptors (Lipinski definition) is 3. The van der Waals surface area contributed by atoms with Crippen molar-refractivity contribution in [2.24, 2.45) is 10.7 Å². The van der Waals surface area contributed by atoms with Gasteiger partial charge in [0.25, 0.3) is 0 Å². The number of guanidine groups is 1. The maximum absolute atomic E-state index is 11.4. The molecule has 0 saturated carbocycles. The number of aliphatic imine (C=N–C) groups is 1. The van der Waals surface area contributed by atoms with Crippen LogP contribution in [0.1, 0.15) is 5.56 Å². The van der Waals surface area contributed by atoms with Crippen molar-refractivity contribution in [1.82, 2.24) is 5.32 Å². The van der Waals surface area contributed by atoms with Crippen LogP contribution in [0.4, 0.5) is 5.69 Å². The molecular formula is C13H21IN4O2. The van der Waals surface area contributed by atoms with Gasteiger partial charge < -0.3 is 21.1 Å². The van der Waals surface area contributed by atoms with Crippen molar-refractivity contribution in [3.05, 3.63) is 29.8 Å². The summed E-state index contributed by atoms with van der Waals surface area (Å²) in [6, 6.07) is 7.74. The number of hydrogen-bond donors (Lipinski definition) is 3. The predicted molar refractivity (Wildman–Crippen MR) is 91.6 cm³/mol. The Morgan fingerprint density at radius 2 is 2.20 bits per heavy atom. The van der Waals surface area contributed by atoms with Crippen LogP contribution in [0.5, 0.6) is 0 Å². The van der Waals surface area contributed by atoms with Gasteiger partial charge in [-0.05, 0) is 24.6 Å². The largest absolute Gasteiger partial charge is 0.383 e. The predicted octanol–water partition coefficient (Wildman–Crippen LogP) is 1.10. The number of nitrogens with one attached hydrogen (secondary N) is 2. The van der Waals surface area contributed by atoms with E-state index in [2.05, 4.69) is 15.6 Å². The van der Waals surface area contributed by atoms with Crippen LogP contribution >= 0.6 is 24.0 Å². The molecule has 0 atom stereocenters. The summed E-state index contributed by atoms with van der Waals surface area (Å²) in [7, 11) is 1.58. The van der Waals surface area contributed by atoms with Crippen LogP contribution in [0, 0.1) is 6.92 Å². The van der Waals surface area contributed by atoms with Gasteiger partial charge in [0.2, 0.25) is 5.91 Å². The highest BCUT2D eigenvalue weighted by Crippen LogP contribution is 2.08. The lowest BCUT2D eigenvalue weighted by Crippen LogP contribution is -2.31. The molecule has 7 heteroatoms. The standard InChI is InChI=1S/C13H20N4O2.HI/c1-10-4-3-5-11(8-10)17-13(14)16-9-12(18)15-6-7-19-2;/h3-5,8H,6-7,9H2,1-2H3,(H,15,18)(H3,14,16,17);1H. The quantitative estimate of drug-likeness (QED) is 0.293. The average Bonchev–Trinajstić information content (AvgIpc) is 2.37. The van der Waals surface area contributed by atoms with Crippen LogP contribution in [0.2, 0.25) is 0 Å². The first-order valence-electron chi connectivity index (χ1n) is 6.01. The molecule has 1 amide bonds. The van der Waals surface area contributed by atoms with Crippen LogP contribution < -0.4 is 16.4 Å². The fourth-order valence-electron chi connectivity index (χ4n) is 1.42. The number of amides is 1. The number of methoxy groups -OCH3 is 1. The first kappa shape index (κ1) is 18.7. The zero-order valence-corrected chi connectivity index (χ0v) is 14.0. The van der Waals surface area contributed by atoms with E-state index in [1.54, 1.807) is 7.11 Å². The van der Waals surface area contributed by atoms with Crippen LogP contribution in [-0.2, 0) is 9.53 Å². The molecule has 0 saturated heterocycles. The lowest BCUT2D eigenvalue weighted by Gasteiger charge is -2.06. The summed E-state index contributed by atoms with van der Waals surface area (Å²) in [6.07, 6.45) is 0. The zero-order chi connectivity index (χ0) is 14.1. The van der Waals surface area contributed by atoms with E-state index in [1.165, 1.54) is 0 Å². The molecule has 0 radical (unpaired) electrons. The highest BCUT2D eigenvalue weighted by molar-refractivity contribution is 14.0. The van der Waals surface area contributed by atoms with E-state index in [4.69, 9.17) is 10.5 Å². The Kier molecular flexibility index (Phi) is 9.73. The second-order valence-corrected chi connectivity index (χ2v) is 4.04. The molecule has 0 aliphatic heterocycles. The molecule has 0 heterocycles. The van der Waals surface area contributed by atoms with Crippen molar-refractivity contribution in [3.63, 3.8) is 0 Å². The molecule has 0 unspecified atom stereocenters. The normalized spacial score (nSPS) is 10.6. The second-order valence-electron chi connectivity index (χ2n) is 4.04. The Labute approximate surface area is 136 Å². The van der Waals surface area contributed by atoms with E-state index >= 15 is 0 Å². The maximum Gasteiger partial charge on any atom is 0.241 e. The van der Waals surface area contributed by atoms with Gasteiger partial charge in [0.15, 0.2) is 5.96 Å². The Hall–Kier alpha value is -1.35. The Morgan fingerprint density at radius 1 is 1.45 bits per heavy atom. The summed E-state index contributed by atoms with van der Waals surface area (Å²) >= 11 is 0. The summed E-state index contributed by atoms with van der Waals surface area (Å²) in [5.74, 6) is 0.0264. The number of carbonyl (C=O) groups excluding carboxylic acids is 1. The molecule has 0 aliphatic rings. The van der Waals surface area contributed by atoms with Crippen molar-refractivity contribution >= 4 is 41.5 Å². The van der Waals surface area contributed by atoms with E-state index in [-0.39, 0.29) is 42.4 Å². The molecule has 0 fully saturated rings. The van der Waals surface area contributed by atoms with Gasteiger partial charge in [-0.1, -0.05) is 12.1 Å². The van der Waals surface area contributed by atoms with E-state index < -0.39 is 0 Å². The number of carbonyl (C=O) groups is 1. The van der Waals surface area contributed by atoms with Crippen molar-refractivity contribution in [2.75, 3.05) is 32.1 Å². The van der Waals surface area contributed by atoms with Gasteiger partial charge in [-0.3, -0.25) is 4.79 Å². The van der Waals surface area contributed by atoms with E-state index in [9.17, 15) is 4.79 Å². The van der Waals surface area contributed by atoms with E-state index in [0.717, 1.165) is 11.3 Å². The Balaban J connectivity index is 0.00000361. The first-order chi connectivity index (χ1) is 9.11. The molecular weight excluding hydrogens is 371 g/mol. The zero-order valence-electron chi connectivity index (χ0n) is 11.7. The van der Waals surface area contributed by atoms with Crippen LogP contribution in [0.3, 0.4) is 0 Å². The number of ether oxygens (including phenoxy) is 1. The number of halogens is 1. The monoisotopic (exact) mass is 392 g/mol. The smallest absolute Gasteiger partial charge is 0.241 e. The maximum atomic E-state index is 11.4. The third kappa shape index (κ3) is 7.95. The molecule has 20 heavy (non-hydrogen) atoms. The highest BCUT2D eigenvalue weighted by Gasteiger charge is 2.00. The third-order valence-corrected chi connectivity index (χ3v) is 2.31. The SMILES string of the molecule is COCCNC(=O)CN=C(N)Nc1cccc(C)c1.I. The molecule has 1 aromatic carbocycles. The summed E-state index contributed by atoms with van der Waals surface area (Å²) in [5.41, 5.74) is 7.66. The third-order valence-electron chi connectivity index (χ3n) is 2.31. The van der Waals surface area contributed by atoms with Crippen LogP contribution in [0.25, 0.3) is 0 Å². The Morgan fingerprint density at radius 3 is 2.85 bits per heavy atom. The average molecular weight is 392 g/mol. The van der Waals surface area contributed by atoms with Gasteiger partial charge in [-0.25, -0.2) is 4.99 Å². The van der Waals surface area contributed by atoms with E-state index in [1.807, 2.05) is 31.2 Å². The number of benzene rings is 1. The van der Waals surface area contributed by atoms with Gasteiger partial charge >= 0.3 is 0 Å². The van der Waals surface area contributed by atoms with Gasteiger partial charge in [0, 0.05) is 19.3 Å². The fraction of sp³-hybridized carbons (Fsp3) is 0.385. The minimum Gasteiger partial charge on any atom is -0.383 e. The van der Waals surface area contributed by atoms with Crippen LogP contribution in [0.15, 0.2) is 29.3 Å². The summed E-state index contributed by atoms with van der Waals surface area (Å²) in [5, 5.41) is 5.59. The number of nitrogens with zero attached hydrogens (tertiary/aromatic N) is 1. The fourth-order valence-corrected chi connectivity index (χ4v) is 1.42. The van der Waals surface area contributed by atoms with Gasteiger partial charge in [0.1, 0.15) is 6.54 Å². The molecule has 0 spiro atoms. The molecule has 1 aromatic rings. The van der Waals surface area contributed by atoms with Crippen LogP contribution in [-0.4, -0.2) is 38.7 Å². The number of anilines is 1. The summed E-state index contributed by atoms with van der Waals surface area (Å²) < 4.78 is 4.82. The number of rotatable bonds is 6. The lowest BCUT2D eigenvalue weighted by atomic mass is 10.2. The molecule has 0 aliphatic carbocycles. The van der Waals surface area contributed by atoms with E-state index in [0.29, 0.717) is 13.2 Å². The van der Waals surface area contributed by atoms with Gasteiger partial charge in [0.05, 0.1) is 6.61 Å².